The zero-order valence-corrected chi connectivity index (χ0v) is 26.2. The minimum Gasteiger partial charge on any atom is -0.466 e. The van der Waals surface area contributed by atoms with Gasteiger partial charge < -0.3 is 40.4 Å². The Kier molecular flexibility index (Phi) is 10.6. The fourth-order valence-corrected chi connectivity index (χ4v) is 6.26. The van der Waals surface area contributed by atoms with Gasteiger partial charge in [-0.15, -0.1) is 0 Å². The number of aromatic nitrogens is 4. The Labute approximate surface area is 258 Å². The number of aliphatic hydroxyl groups excluding tert-OH is 1. The second-order valence-electron chi connectivity index (χ2n) is 10.4. The third-order valence-corrected chi connectivity index (χ3v) is 8.60. The number of aryl methyl sites for hydroxylation is 1. The number of ether oxygens (including phenoxy) is 3. The molecule has 18 heteroatoms. The van der Waals surface area contributed by atoms with Crippen molar-refractivity contribution in [2.45, 2.75) is 70.6 Å². The molecule has 3 aromatic rings. The normalized spacial score (nSPS) is 23.4. The molecule has 1 aliphatic rings. The van der Waals surface area contributed by atoms with Gasteiger partial charge in [-0.25, -0.2) is 9.55 Å². The van der Waals surface area contributed by atoms with Gasteiger partial charge in [0, 0.05) is 6.42 Å². The molecule has 0 spiro atoms. The molecule has 45 heavy (non-hydrogen) atoms. The lowest BCUT2D eigenvalue weighted by Gasteiger charge is -2.27. The molecule has 17 nitrogen and oxygen atoms in total. The van der Waals surface area contributed by atoms with Crippen LogP contribution >= 0.6 is 7.75 Å². The number of benzene rings is 1. The Morgan fingerprint density at radius 2 is 1.91 bits per heavy atom. The maximum atomic E-state index is 14.2. The number of carbonyl (C=O) groups excluding carboxylic acids is 2. The van der Waals surface area contributed by atoms with Crippen molar-refractivity contribution in [1.82, 2.24) is 24.6 Å². The van der Waals surface area contributed by atoms with Crippen LogP contribution in [0.4, 0.5) is 11.8 Å². The molecule has 3 heterocycles. The monoisotopic (exact) mass is 651 g/mol. The van der Waals surface area contributed by atoms with Gasteiger partial charge in [-0.05, 0) is 45.7 Å². The SMILES string of the molecule is CCOC(=O)CCc1ccccc1O[P@@](=O)(N[C@@H](C)C(=O)OCC)OC[C@H]1O[C@@H](n2cnc3c(N)nc(N)nc32)[C@](C)(O)[C@@H]1O. The van der Waals surface area contributed by atoms with Crippen LogP contribution in [0.5, 0.6) is 5.75 Å². The summed E-state index contributed by atoms with van der Waals surface area (Å²) in [7, 11) is -4.43. The summed E-state index contributed by atoms with van der Waals surface area (Å²) in [4.78, 5) is 36.5. The summed E-state index contributed by atoms with van der Waals surface area (Å²) in [6, 6.07) is 5.41. The van der Waals surface area contributed by atoms with Crippen molar-refractivity contribution >= 4 is 42.6 Å². The van der Waals surface area contributed by atoms with Gasteiger partial charge >= 0.3 is 19.7 Å². The highest BCUT2D eigenvalue weighted by molar-refractivity contribution is 7.52. The molecular weight excluding hydrogens is 613 g/mol. The first-order valence-corrected chi connectivity index (χ1v) is 15.8. The topological polar surface area (TPSA) is 245 Å². The van der Waals surface area contributed by atoms with Gasteiger partial charge in [-0.2, -0.15) is 15.1 Å². The molecule has 0 amide bonds. The number of anilines is 2. The first-order valence-electron chi connectivity index (χ1n) is 14.2. The molecule has 1 fully saturated rings. The van der Waals surface area contributed by atoms with E-state index in [4.69, 9.17) is 34.7 Å². The third-order valence-electron chi connectivity index (χ3n) is 6.97. The van der Waals surface area contributed by atoms with E-state index in [1.54, 1.807) is 32.0 Å². The van der Waals surface area contributed by atoms with E-state index in [9.17, 15) is 24.4 Å². The molecule has 0 saturated carbocycles. The quantitative estimate of drug-likeness (QED) is 0.122. The minimum absolute atomic E-state index is 0.0109. The Morgan fingerprint density at radius 1 is 1.20 bits per heavy atom. The summed E-state index contributed by atoms with van der Waals surface area (Å²) in [5.41, 5.74) is 10.6. The van der Waals surface area contributed by atoms with E-state index >= 15 is 0 Å². The third kappa shape index (κ3) is 7.69. The number of rotatable bonds is 14. The van der Waals surface area contributed by atoms with Crippen LogP contribution < -0.4 is 21.1 Å². The van der Waals surface area contributed by atoms with Crippen molar-refractivity contribution in [2.24, 2.45) is 0 Å². The lowest BCUT2D eigenvalue weighted by Crippen LogP contribution is -2.44. The van der Waals surface area contributed by atoms with E-state index in [1.807, 2.05) is 0 Å². The smallest absolute Gasteiger partial charge is 0.459 e. The predicted molar refractivity (Wildman–Crippen MR) is 160 cm³/mol. The second kappa shape index (κ2) is 14.1. The van der Waals surface area contributed by atoms with Crippen LogP contribution in [0, 0.1) is 0 Å². The molecule has 2 aromatic heterocycles. The number of fused-ring (bicyclic) bond motifs is 1. The van der Waals surface area contributed by atoms with Gasteiger partial charge in [0.1, 0.15) is 35.1 Å². The lowest BCUT2D eigenvalue weighted by atomic mass is 9.96. The summed E-state index contributed by atoms with van der Waals surface area (Å²) in [5, 5.41) is 24.9. The number of carbonyl (C=O) groups is 2. The molecule has 0 bridgehead atoms. The van der Waals surface area contributed by atoms with E-state index in [0.717, 1.165) is 0 Å². The van der Waals surface area contributed by atoms with E-state index in [1.165, 1.54) is 30.8 Å². The molecule has 246 valence electrons. The number of nitrogens with one attached hydrogen (secondary N) is 1. The second-order valence-corrected chi connectivity index (χ2v) is 12.1. The Bertz CT molecular complexity index is 1570. The highest BCUT2D eigenvalue weighted by Gasteiger charge is 2.54. The highest BCUT2D eigenvalue weighted by atomic mass is 31.2. The number of aliphatic hydroxyl groups is 2. The van der Waals surface area contributed by atoms with Crippen molar-refractivity contribution in [1.29, 1.82) is 0 Å². The van der Waals surface area contributed by atoms with Crippen LogP contribution in [0.25, 0.3) is 11.2 Å². The average Bonchev–Trinajstić information content (AvgIpc) is 3.49. The number of hydrogen-bond donors (Lipinski definition) is 5. The molecule has 0 unspecified atom stereocenters. The van der Waals surface area contributed by atoms with E-state index in [0.29, 0.717) is 5.56 Å². The molecule has 4 rings (SSSR count). The molecule has 1 aliphatic heterocycles. The predicted octanol–water partition coefficient (Wildman–Crippen LogP) is 1.24. The summed E-state index contributed by atoms with van der Waals surface area (Å²) < 4.78 is 43.1. The van der Waals surface area contributed by atoms with Gasteiger partial charge in [0.15, 0.2) is 17.7 Å². The van der Waals surface area contributed by atoms with Gasteiger partial charge in [0.2, 0.25) is 5.95 Å². The number of nitrogens with zero attached hydrogens (tertiary/aromatic N) is 4. The zero-order valence-electron chi connectivity index (χ0n) is 25.3. The first kappa shape index (κ1) is 34.0. The van der Waals surface area contributed by atoms with Crippen LogP contribution in [-0.4, -0.2) is 85.3 Å². The van der Waals surface area contributed by atoms with E-state index in [-0.39, 0.29) is 54.7 Å². The number of esters is 2. The number of nitrogens with two attached hydrogens (primary N) is 2. The van der Waals surface area contributed by atoms with Crippen molar-refractivity contribution < 1.29 is 47.6 Å². The van der Waals surface area contributed by atoms with Crippen LogP contribution in [0.2, 0.25) is 0 Å². The molecule has 1 aromatic carbocycles. The Morgan fingerprint density at radius 3 is 2.62 bits per heavy atom. The summed E-state index contributed by atoms with van der Waals surface area (Å²) in [5.74, 6) is -1.14. The molecular formula is C27H38N7O10P. The molecule has 0 radical (unpaired) electrons. The van der Waals surface area contributed by atoms with Crippen molar-refractivity contribution in [3.05, 3.63) is 36.2 Å². The Balaban J connectivity index is 1.57. The van der Waals surface area contributed by atoms with Crippen LogP contribution in [0.1, 0.15) is 45.9 Å². The van der Waals surface area contributed by atoms with E-state index < -0.39 is 56.4 Å². The van der Waals surface area contributed by atoms with Gasteiger partial charge in [-0.1, -0.05) is 18.2 Å². The lowest BCUT2D eigenvalue weighted by molar-refractivity contribution is -0.145. The van der Waals surface area contributed by atoms with E-state index in [2.05, 4.69) is 20.0 Å². The Hall–Kier alpha value is -3.86. The van der Waals surface area contributed by atoms with Crippen molar-refractivity contribution in [2.75, 3.05) is 31.3 Å². The zero-order chi connectivity index (χ0) is 32.9. The fourth-order valence-electron chi connectivity index (χ4n) is 4.72. The van der Waals surface area contributed by atoms with Crippen LogP contribution in [-0.2, 0) is 39.3 Å². The molecule has 0 aliphatic carbocycles. The number of hydrogen-bond acceptors (Lipinski definition) is 15. The summed E-state index contributed by atoms with van der Waals surface area (Å²) in [6.07, 6.45) is -2.53. The van der Waals surface area contributed by atoms with Crippen LogP contribution in [0.15, 0.2) is 30.6 Å². The van der Waals surface area contributed by atoms with Crippen LogP contribution in [0.3, 0.4) is 0 Å². The van der Waals surface area contributed by atoms with Gasteiger partial charge in [0.05, 0.1) is 26.1 Å². The maximum absolute atomic E-state index is 14.2. The van der Waals surface area contributed by atoms with Crippen molar-refractivity contribution in [3.8, 4) is 5.75 Å². The van der Waals surface area contributed by atoms with Crippen molar-refractivity contribution in [3.63, 3.8) is 0 Å². The molecule has 6 atom stereocenters. The number of nitrogen functional groups attached to an aromatic ring is 2. The molecule has 1 saturated heterocycles. The average molecular weight is 652 g/mol. The largest absolute Gasteiger partial charge is 0.466 e. The highest BCUT2D eigenvalue weighted by Crippen LogP contribution is 2.48. The molecule has 7 N–H and O–H groups in total. The maximum Gasteiger partial charge on any atom is 0.459 e. The standard InChI is InChI=1S/C27H38N7O10P/c1-5-40-19(35)12-11-16-9-7-8-10-17(16)44-45(39,33-15(3)24(37)41-6-2)42-13-18-21(36)27(4,38)25(43-18)34-14-30-20-22(28)31-26(29)32-23(20)34/h7-10,14-15,18,21,25,36,38H,5-6,11-13H2,1-4H3,(H,33,39)(H4,28,29,31,32)/t15-,18+,21+,25+,27+,45+/m0/s1. The minimum atomic E-state index is -4.43. The number of para-hydroxylation sites is 1. The summed E-state index contributed by atoms with van der Waals surface area (Å²) in [6.45, 7) is 5.81. The number of imidazole rings is 1. The summed E-state index contributed by atoms with van der Waals surface area (Å²) >= 11 is 0. The van der Waals surface area contributed by atoms with Gasteiger partial charge in [-0.3, -0.25) is 18.7 Å². The fraction of sp³-hybridized carbons (Fsp3) is 0.519. The van der Waals surface area contributed by atoms with Gasteiger partial charge in [0.25, 0.3) is 0 Å². The first-order chi connectivity index (χ1) is 21.3.